The SMILES string of the molecule is CCCN(c1nc(Nc2cc(C3(C)CC3)[nH]n2)c2cccn2n1)C(C)(C)C(=O)Nc1nccs1. The van der Waals surface area contributed by atoms with Gasteiger partial charge in [-0.1, -0.05) is 13.8 Å². The zero-order chi connectivity index (χ0) is 23.9. The Morgan fingerprint density at radius 2 is 2.21 bits per heavy atom. The minimum atomic E-state index is -0.917. The topological polar surface area (TPSA) is 116 Å². The fourth-order valence-electron chi connectivity index (χ4n) is 3.91. The molecule has 0 bridgehead atoms. The van der Waals surface area contributed by atoms with Crippen molar-refractivity contribution in [2.45, 2.75) is 57.9 Å². The normalized spacial score (nSPS) is 14.8. The highest BCUT2D eigenvalue weighted by molar-refractivity contribution is 7.13. The van der Waals surface area contributed by atoms with Crippen molar-refractivity contribution in [3.05, 3.63) is 41.7 Å². The quantitative estimate of drug-likeness (QED) is 0.327. The van der Waals surface area contributed by atoms with Crippen molar-refractivity contribution in [2.75, 3.05) is 22.1 Å². The van der Waals surface area contributed by atoms with Gasteiger partial charge in [0.25, 0.3) is 5.91 Å². The summed E-state index contributed by atoms with van der Waals surface area (Å²) in [5, 5.41) is 21.0. The second-order valence-corrected chi connectivity index (χ2v) is 10.3. The summed E-state index contributed by atoms with van der Waals surface area (Å²) in [6, 6.07) is 5.92. The fraction of sp³-hybridized carbons (Fsp3) is 0.435. The van der Waals surface area contributed by atoms with Crippen LogP contribution in [0.15, 0.2) is 36.0 Å². The molecule has 178 valence electrons. The van der Waals surface area contributed by atoms with E-state index in [-0.39, 0.29) is 11.3 Å². The molecule has 11 heteroatoms. The molecule has 0 aliphatic heterocycles. The van der Waals surface area contributed by atoms with Crippen LogP contribution in [0.2, 0.25) is 0 Å². The fourth-order valence-corrected chi connectivity index (χ4v) is 4.44. The van der Waals surface area contributed by atoms with Crippen LogP contribution in [0.4, 0.5) is 22.7 Å². The van der Waals surface area contributed by atoms with Gasteiger partial charge in [-0.2, -0.15) is 10.1 Å². The van der Waals surface area contributed by atoms with Crippen LogP contribution in [0.1, 0.15) is 52.7 Å². The number of H-pyrrole nitrogens is 1. The number of aromatic nitrogens is 6. The third-order valence-corrected chi connectivity index (χ3v) is 7.11. The molecule has 0 saturated heterocycles. The predicted molar refractivity (Wildman–Crippen MR) is 134 cm³/mol. The Balaban J connectivity index is 1.48. The highest BCUT2D eigenvalue weighted by Gasteiger charge is 2.41. The highest BCUT2D eigenvalue weighted by Crippen LogP contribution is 2.47. The van der Waals surface area contributed by atoms with E-state index in [2.05, 4.69) is 39.7 Å². The van der Waals surface area contributed by atoms with Gasteiger partial charge in [-0.25, -0.2) is 9.50 Å². The van der Waals surface area contributed by atoms with Crippen molar-refractivity contribution in [1.82, 2.24) is 29.8 Å². The maximum Gasteiger partial charge on any atom is 0.251 e. The van der Waals surface area contributed by atoms with E-state index in [0.717, 1.165) is 17.6 Å². The number of hydrogen-bond acceptors (Lipinski definition) is 8. The number of fused-ring (bicyclic) bond motifs is 1. The molecule has 0 spiro atoms. The van der Waals surface area contributed by atoms with E-state index in [9.17, 15) is 4.79 Å². The molecule has 1 aliphatic rings. The number of amides is 1. The number of nitrogens with one attached hydrogen (secondary N) is 3. The lowest BCUT2D eigenvalue weighted by Crippen LogP contribution is -2.54. The lowest BCUT2D eigenvalue weighted by atomic mass is 10.0. The van der Waals surface area contributed by atoms with Crippen molar-refractivity contribution >= 4 is 45.5 Å². The largest absolute Gasteiger partial charge is 0.325 e. The van der Waals surface area contributed by atoms with E-state index < -0.39 is 5.54 Å². The first-order valence-electron chi connectivity index (χ1n) is 11.5. The van der Waals surface area contributed by atoms with Gasteiger partial charge in [-0.3, -0.25) is 15.2 Å². The summed E-state index contributed by atoms with van der Waals surface area (Å²) < 4.78 is 1.78. The predicted octanol–water partition coefficient (Wildman–Crippen LogP) is 4.34. The Morgan fingerprint density at radius 1 is 1.38 bits per heavy atom. The molecule has 10 nitrogen and oxygen atoms in total. The molecule has 0 unspecified atom stereocenters. The van der Waals surface area contributed by atoms with E-state index >= 15 is 0 Å². The number of hydrogen-bond donors (Lipinski definition) is 3. The molecule has 0 atom stereocenters. The average molecular weight is 480 g/mol. The minimum absolute atomic E-state index is 0.170. The number of thiazole rings is 1. The first kappa shape index (κ1) is 22.3. The van der Waals surface area contributed by atoms with E-state index in [1.54, 1.807) is 10.7 Å². The lowest BCUT2D eigenvalue weighted by Gasteiger charge is -2.37. The van der Waals surface area contributed by atoms with Crippen molar-refractivity contribution in [1.29, 1.82) is 0 Å². The number of nitrogens with zero attached hydrogens (tertiary/aromatic N) is 6. The zero-order valence-corrected chi connectivity index (χ0v) is 20.6. The summed E-state index contributed by atoms with van der Waals surface area (Å²) in [4.78, 5) is 24.2. The lowest BCUT2D eigenvalue weighted by molar-refractivity contribution is -0.120. The number of anilines is 4. The minimum Gasteiger partial charge on any atom is -0.325 e. The van der Waals surface area contributed by atoms with Crippen LogP contribution in [0.5, 0.6) is 0 Å². The van der Waals surface area contributed by atoms with E-state index in [0.29, 0.717) is 29.3 Å². The maximum absolute atomic E-state index is 13.2. The molecule has 1 amide bonds. The third-order valence-electron chi connectivity index (χ3n) is 6.43. The second kappa shape index (κ2) is 8.39. The van der Waals surface area contributed by atoms with Gasteiger partial charge in [0.2, 0.25) is 5.95 Å². The van der Waals surface area contributed by atoms with Gasteiger partial charge in [0.15, 0.2) is 16.8 Å². The van der Waals surface area contributed by atoms with Gasteiger partial charge in [-0.15, -0.1) is 16.4 Å². The summed E-state index contributed by atoms with van der Waals surface area (Å²) in [7, 11) is 0. The zero-order valence-electron chi connectivity index (χ0n) is 19.8. The van der Waals surface area contributed by atoms with Crippen LogP contribution in [0.25, 0.3) is 5.52 Å². The van der Waals surface area contributed by atoms with Crippen LogP contribution >= 0.6 is 11.3 Å². The Bertz CT molecular complexity index is 1300. The molecule has 34 heavy (non-hydrogen) atoms. The molecule has 3 N–H and O–H groups in total. The average Bonchev–Trinajstić information content (AvgIpc) is 3.26. The summed E-state index contributed by atoms with van der Waals surface area (Å²) >= 11 is 1.39. The van der Waals surface area contributed by atoms with Gasteiger partial charge in [0, 0.05) is 41.5 Å². The molecule has 1 aliphatic carbocycles. The Morgan fingerprint density at radius 3 is 2.91 bits per heavy atom. The first-order valence-corrected chi connectivity index (χ1v) is 12.3. The van der Waals surface area contributed by atoms with Crippen LogP contribution in [0, 0.1) is 0 Å². The van der Waals surface area contributed by atoms with E-state index in [1.807, 2.05) is 48.5 Å². The molecule has 1 saturated carbocycles. The van der Waals surface area contributed by atoms with Crippen LogP contribution in [-0.2, 0) is 10.2 Å². The number of carbonyl (C=O) groups is 1. The summed E-state index contributed by atoms with van der Waals surface area (Å²) in [6.45, 7) is 8.66. The molecule has 1 fully saturated rings. The first-order chi connectivity index (χ1) is 16.3. The Hall–Kier alpha value is -3.47. The van der Waals surface area contributed by atoms with Gasteiger partial charge in [0.1, 0.15) is 11.1 Å². The molecule has 4 heterocycles. The van der Waals surface area contributed by atoms with Crippen LogP contribution in [0.3, 0.4) is 0 Å². The van der Waals surface area contributed by atoms with Gasteiger partial charge >= 0.3 is 0 Å². The summed E-state index contributed by atoms with van der Waals surface area (Å²) in [5.41, 5.74) is 1.23. The van der Waals surface area contributed by atoms with E-state index in [1.165, 1.54) is 24.2 Å². The molecule has 4 aromatic heterocycles. The highest BCUT2D eigenvalue weighted by atomic mass is 32.1. The van der Waals surface area contributed by atoms with Gasteiger partial charge in [0.05, 0.1) is 0 Å². The Kier molecular flexibility index (Phi) is 5.51. The van der Waals surface area contributed by atoms with Crippen molar-refractivity contribution in [2.24, 2.45) is 0 Å². The van der Waals surface area contributed by atoms with Crippen LogP contribution < -0.4 is 15.5 Å². The molecule has 4 aromatic rings. The summed E-state index contributed by atoms with van der Waals surface area (Å²) in [5.74, 6) is 1.62. The van der Waals surface area contributed by atoms with Crippen molar-refractivity contribution < 1.29 is 4.79 Å². The molecular weight excluding hydrogens is 450 g/mol. The molecule has 5 rings (SSSR count). The number of aromatic amines is 1. The number of rotatable bonds is 9. The van der Waals surface area contributed by atoms with Gasteiger partial charge in [-0.05, 0) is 45.2 Å². The number of carbonyl (C=O) groups excluding carboxylic acids is 1. The van der Waals surface area contributed by atoms with E-state index in [4.69, 9.17) is 10.1 Å². The van der Waals surface area contributed by atoms with Crippen molar-refractivity contribution in [3.8, 4) is 0 Å². The molecule has 0 aromatic carbocycles. The maximum atomic E-state index is 13.2. The van der Waals surface area contributed by atoms with Crippen molar-refractivity contribution in [3.63, 3.8) is 0 Å². The molecular formula is C23H29N9OS. The smallest absolute Gasteiger partial charge is 0.251 e. The standard InChI is InChI=1S/C23H29N9OS/c1-5-11-31(22(2,3)19(33)27-21-24-10-13-34-21)20-26-18(15-7-6-12-32(15)30-20)25-17-14-16(28-29-17)23(4)8-9-23/h6-7,10,12-14H,5,8-9,11H2,1-4H3,(H,24,27,33)(H2,25,26,28,29,30). The monoisotopic (exact) mass is 479 g/mol. The Labute approximate surface area is 201 Å². The molecule has 0 radical (unpaired) electrons. The van der Waals surface area contributed by atoms with Gasteiger partial charge < -0.3 is 10.2 Å². The third kappa shape index (κ3) is 4.11. The van der Waals surface area contributed by atoms with Crippen LogP contribution in [-0.4, -0.2) is 47.8 Å². The summed E-state index contributed by atoms with van der Waals surface area (Å²) in [6.07, 6.45) is 6.70. The second-order valence-electron chi connectivity index (χ2n) is 9.45.